The van der Waals surface area contributed by atoms with Crippen LogP contribution in [0.4, 0.5) is 0 Å². The smallest absolute Gasteiger partial charge is 0.251 e. The molecule has 5 heteroatoms. The van der Waals surface area contributed by atoms with Crippen LogP contribution >= 0.6 is 0 Å². The molecule has 1 unspecified atom stereocenters. The maximum Gasteiger partial charge on any atom is 0.251 e. The van der Waals surface area contributed by atoms with Gasteiger partial charge in [0.05, 0.1) is 0 Å². The first-order valence-corrected chi connectivity index (χ1v) is 9.17. The number of para-hydroxylation sites is 1. The van der Waals surface area contributed by atoms with Crippen LogP contribution < -0.4 is 5.32 Å². The zero-order valence-corrected chi connectivity index (χ0v) is 15.0. The average molecular weight is 348 g/mol. The highest BCUT2D eigenvalue weighted by molar-refractivity contribution is 5.95. The van der Waals surface area contributed by atoms with Crippen LogP contribution in [0.15, 0.2) is 48.8 Å². The second-order valence-corrected chi connectivity index (χ2v) is 7.17. The van der Waals surface area contributed by atoms with Gasteiger partial charge >= 0.3 is 0 Å². The number of hydrogen-bond donors (Lipinski definition) is 2. The summed E-state index contributed by atoms with van der Waals surface area (Å²) < 4.78 is 0. The molecule has 2 aromatic heterocycles. The Balaban J connectivity index is 1.30. The number of aromatic nitrogens is 2. The van der Waals surface area contributed by atoms with Gasteiger partial charge in [-0.1, -0.05) is 18.2 Å². The minimum atomic E-state index is -0.000956. The van der Waals surface area contributed by atoms with Crippen molar-refractivity contribution in [1.82, 2.24) is 20.2 Å². The van der Waals surface area contributed by atoms with E-state index in [1.54, 1.807) is 18.5 Å². The van der Waals surface area contributed by atoms with Crippen LogP contribution in [0.25, 0.3) is 10.9 Å². The van der Waals surface area contributed by atoms with E-state index in [0.717, 1.165) is 38.2 Å². The molecule has 5 nitrogen and oxygen atoms in total. The van der Waals surface area contributed by atoms with Crippen molar-refractivity contribution in [3.8, 4) is 0 Å². The molecule has 1 fully saturated rings. The highest BCUT2D eigenvalue weighted by Crippen LogP contribution is 2.21. The molecule has 3 aromatic rings. The van der Waals surface area contributed by atoms with E-state index in [2.05, 4.69) is 50.5 Å². The Kier molecular flexibility index (Phi) is 4.71. The average Bonchev–Trinajstić information content (AvgIpc) is 3.26. The number of benzene rings is 1. The molecular formula is C21H24N4O. The normalized spacial score (nSPS) is 17.7. The second-order valence-electron chi connectivity index (χ2n) is 7.17. The standard InChI is InChI=1S/C21H24N4O/c1-15-11-22-8-6-19(15)21(26)23-12-16-7-9-25(13-16)14-18-10-17-4-2-3-5-20(17)24-18/h2-6,8,10-11,16,24H,7,9,12-14H2,1H3,(H,23,26). The highest BCUT2D eigenvalue weighted by Gasteiger charge is 2.23. The van der Waals surface area contributed by atoms with Crippen LogP contribution in [0.3, 0.4) is 0 Å². The summed E-state index contributed by atoms with van der Waals surface area (Å²) in [4.78, 5) is 22.3. The predicted octanol–water partition coefficient (Wildman–Crippen LogP) is 3.12. The Hall–Kier alpha value is -2.66. The van der Waals surface area contributed by atoms with Gasteiger partial charge in [0.2, 0.25) is 0 Å². The number of fused-ring (bicyclic) bond motifs is 1. The SMILES string of the molecule is Cc1cnccc1C(=O)NCC1CCN(Cc2cc3ccccc3[nH]2)C1. The van der Waals surface area contributed by atoms with E-state index in [-0.39, 0.29) is 5.91 Å². The summed E-state index contributed by atoms with van der Waals surface area (Å²) in [5.41, 5.74) is 4.08. The first-order valence-electron chi connectivity index (χ1n) is 9.17. The van der Waals surface area contributed by atoms with Gasteiger partial charge in [0.1, 0.15) is 0 Å². The molecule has 0 aliphatic carbocycles. The van der Waals surface area contributed by atoms with Crippen molar-refractivity contribution < 1.29 is 4.79 Å². The third-order valence-electron chi connectivity index (χ3n) is 5.17. The van der Waals surface area contributed by atoms with Crippen LogP contribution in [0.5, 0.6) is 0 Å². The molecule has 0 saturated carbocycles. The molecule has 1 aromatic carbocycles. The van der Waals surface area contributed by atoms with E-state index in [1.807, 2.05) is 6.92 Å². The Bertz CT molecular complexity index is 884. The molecule has 134 valence electrons. The van der Waals surface area contributed by atoms with Crippen molar-refractivity contribution in [2.75, 3.05) is 19.6 Å². The molecule has 1 aliphatic rings. The fourth-order valence-corrected chi connectivity index (χ4v) is 3.74. The number of aromatic amines is 1. The zero-order chi connectivity index (χ0) is 17.9. The topological polar surface area (TPSA) is 61.0 Å². The number of aryl methyl sites for hydroxylation is 1. The van der Waals surface area contributed by atoms with Crippen LogP contribution in [-0.4, -0.2) is 40.4 Å². The van der Waals surface area contributed by atoms with E-state index in [0.29, 0.717) is 11.5 Å². The van der Waals surface area contributed by atoms with Gasteiger partial charge in [-0.2, -0.15) is 0 Å². The van der Waals surface area contributed by atoms with Crippen LogP contribution in [0, 0.1) is 12.8 Å². The van der Waals surface area contributed by atoms with Crippen molar-refractivity contribution in [2.45, 2.75) is 19.9 Å². The summed E-state index contributed by atoms with van der Waals surface area (Å²) in [5.74, 6) is 0.504. The lowest BCUT2D eigenvalue weighted by Gasteiger charge is -2.15. The number of pyridine rings is 1. The first-order chi connectivity index (χ1) is 12.7. The molecule has 0 radical (unpaired) electrons. The van der Waals surface area contributed by atoms with Gasteiger partial charge in [-0.05, 0) is 55.0 Å². The number of carbonyl (C=O) groups is 1. The first kappa shape index (κ1) is 16.8. The minimum Gasteiger partial charge on any atom is -0.357 e. The van der Waals surface area contributed by atoms with Gasteiger partial charge in [0, 0.05) is 48.8 Å². The molecule has 26 heavy (non-hydrogen) atoms. The van der Waals surface area contributed by atoms with E-state index in [9.17, 15) is 4.79 Å². The summed E-state index contributed by atoms with van der Waals surface area (Å²) in [5, 5.41) is 4.35. The number of amides is 1. The van der Waals surface area contributed by atoms with Gasteiger partial charge in [-0.15, -0.1) is 0 Å². The number of rotatable bonds is 5. The molecule has 1 atom stereocenters. The largest absolute Gasteiger partial charge is 0.357 e. The molecule has 3 heterocycles. The Morgan fingerprint density at radius 1 is 1.35 bits per heavy atom. The highest BCUT2D eigenvalue weighted by atomic mass is 16.1. The molecular weight excluding hydrogens is 324 g/mol. The fourth-order valence-electron chi connectivity index (χ4n) is 3.74. The van der Waals surface area contributed by atoms with Gasteiger partial charge < -0.3 is 10.3 Å². The zero-order valence-electron chi connectivity index (χ0n) is 15.0. The van der Waals surface area contributed by atoms with Gasteiger partial charge in [0.15, 0.2) is 0 Å². The van der Waals surface area contributed by atoms with Crippen LogP contribution in [0.2, 0.25) is 0 Å². The van der Waals surface area contributed by atoms with E-state index < -0.39 is 0 Å². The monoisotopic (exact) mass is 348 g/mol. The fraction of sp³-hybridized carbons (Fsp3) is 0.333. The maximum atomic E-state index is 12.3. The summed E-state index contributed by atoms with van der Waals surface area (Å²) in [6.45, 7) is 5.67. The van der Waals surface area contributed by atoms with Crippen molar-refractivity contribution >= 4 is 16.8 Å². The quantitative estimate of drug-likeness (QED) is 0.745. The molecule has 1 saturated heterocycles. The third kappa shape index (κ3) is 3.63. The number of likely N-dealkylation sites (tertiary alicyclic amines) is 1. The van der Waals surface area contributed by atoms with E-state index in [4.69, 9.17) is 0 Å². The van der Waals surface area contributed by atoms with Crippen molar-refractivity contribution in [1.29, 1.82) is 0 Å². The Morgan fingerprint density at radius 3 is 3.08 bits per heavy atom. The molecule has 0 bridgehead atoms. The Labute approximate surface area is 153 Å². The van der Waals surface area contributed by atoms with Gasteiger partial charge in [-0.25, -0.2) is 0 Å². The number of nitrogens with one attached hydrogen (secondary N) is 2. The second kappa shape index (κ2) is 7.30. The number of carbonyl (C=O) groups excluding carboxylic acids is 1. The van der Waals surface area contributed by atoms with E-state index >= 15 is 0 Å². The van der Waals surface area contributed by atoms with Crippen molar-refractivity contribution in [2.24, 2.45) is 5.92 Å². The number of nitrogens with zero attached hydrogens (tertiary/aromatic N) is 2. The summed E-state index contributed by atoms with van der Waals surface area (Å²) in [6.07, 6.45) is 4.52. The van der Waals surface area contributed by atoms with Crippen LogP contribution in [0.1, 0.15) is 28.0 Å². The molecule has 2 N–H and O–H groups in total. The lowest BCUT2D eigenvalue weighted by Crippen LogP contribution is -2.31. The third-order valence-corrected chi connectivity index (χ3v) is 5.17. The Morgan fingerprint density at radius 2 is 2.23 bits per heavy atom. The predicted molar refractivity (Wildman–Crippen MR) is 103 cm³/mol. The lowest BCUT2D eigenvalue weighted by atomic mass is 10.1. The number of hydrogen-bond acceptors (Lipinski definition) is 3. The maximum absolute atomic E-state index is 12.3. The molecule has 1 amide bonds. The van der Waals surface area contributed by atoms with Crippen molar-refractivity contribution in [3.05, 3.63) is 65.6 Å². The van der Waals surface area contributed by atoms with Gasteiger partial charge in [-0.3, -0.25) is 14.7 Å². The van der Waals surface area contributed by atoms with Gasteiger partial charge in [0.25, 0.3) is 5.91 Å². The molecule has 0 spiro atoms. The van der Waals surface area contributed by atoms with E-state index in [1.165, 1.54) is 16.6 Å². The summed E-state index contributed by atoms with van der Waals surface area (Å²) >= 11 is 0. The summed E-state index contributed by atoms with van der Waals surface area (Å²) in [6, 6.07) is 12.4. The van der Waals surface area contributed by atoms with Crippen molar-refractivity contribution in [3.63, 3.8) is 0 Å². The summed E-state index contributed by atoms with van der Waals surface area (Å²) in [7, 11) is 0. The minimum absolute atomic E-state index is 0.000956. The molecule has 1 aliphatic heterocycles. The number of H-pyrrole nitrogens is 1. The molecule has 4 rings (SSSR count). The lowest BCUT2D eigenvalue weighted by molar-refractivity contribution is 0.0946. The van der Waals surface area contributed by atoms with Crippen LogP contribution in [-0.2, 0) is 6.54 Å².